The summed E-state index contributed by atoms with van der Waals surface area (Å²) in [6.45, 7) is 0.570. The molecule has 1 aromatic heterocycles. The fraction of sp³-hybridized carbons (Fsp3) is 0.125. The molecule has 0 radical (unpaired) electrons. The Morgan fingerprint density at radius 3 is 2.81 bits per heavy atom. The number of ether oxygens (including phenoxy) is 1. The minimum atomic E-state index is 0.226. The van der Waals surface area contributed by atoms with Gasteiger partial charge >= 0.3 is 0 Å². The van der Waals surface area contributed by atoms with Gasteiger partial charge in [0.2, 0.25) is 5.28 Å². The van der Waals surface area contributed by atoms with Crippen LogP contribution in [-0.4, -0.2) is 17.1 Å². The zero-order valence-corrected chi connectivity index (χ0v) is 12.3. The first-order valence-electron chi connectivity index (χ1n) is 6.53. The average Bonchev–Trinajstić information content (AvgIpc) is 2.48. The lowest BCUT2D eigenvalue weighted by Crippen LogP contribution is -1.98. The second-order valence-corrected chi connectivity index (χ2v) is 4.95. The highest BCUT2D eigenvalue weighted by Crippen LogP contribution is 2.25. The lowest BCUT2D eigenvalue weighted by molar-refractivity contribution is 0.185. The molecule has 0 unspecified atom stereocenters. The van der Waals surface area contributed by atoms with Crippen LogP contribution in [0.25, 0.3) is 10.9 Å². The first kappa shape index (κ1) is 13.8. The first-order valence-corrected chi connectivity index (χ1v) is 6.91. The number of methoxy groups -OCH3 is 1. The number of nitrogens with one attached hydrogen (secondary N) is 1. The Morgan fingerprint density at radius 2 is 1.95 bits per heavy atom. The fourth-order valence-corrected chi connectivity index (χ4v) is 2.36. The van der Waals surface area contributed by atoms with Gasteiger partial charge in [-0.2, -0.15) is 4.98 Å². The zero-order chi connectivity index (χ0) is 14.7. The minimum absolute atomic E-state index is 0.226. The van der Waals surface area contributed by atoms with E-state index in [0.29, 0.717) is 12.4 Å². The summed E-state index contributed by atoms with van der Waals surface area (Å²) in [6, 6.07) is 15.7. The van der Waals surface area contributed by atoms with E-state index in [1.165, 1.54) is 0 Å². The molecule has 0 aliphatic rings. The molecule has 0 saturated heterocycles. The molecule has 2 aromatic carbocycles. The van der Waals surface area contributed by atoms with Gasteiger partial charge in [-0.15, -0.1) is 0 Å². The van der Waals surface area contributed by atoms with E-state index >= 15 is 0 Å². The van der Waals surface area contributed by atoms with Crippen LogP contribution in [0.4, 0.5) is 11.5 Å². The van der Waals surface area contributed by atoms with Gasteiger partial charge in [0.05, 0.1) is 12.1 Å². The number of benzene rings is 2. The maximum Gasteiger partial charge on any atom is 0.224 e. The van der Waals surface area contributed by atoms with Crippen molar-refractivity contribution in [2.24, 2.45) is 0 Å². The molecule has 0 amide bonds. The third kappa shape index (κ3) is 3.12. The van der Waals surface area contributed by atoms with Crippen LogP contribution in [0.15, 0.2) is 48.5 Å². The smallest absolute Gasteiger partial charge is 0.224 e. The standard InChI is InChI=1S/C16H14ClN3O/c1-21-10-11-5-4-6-12(9-11)18-15-13-7-2-3-8-14(13)19-16(17)20-15/h2-9H,10H2,1H3,(H,18,19,20). The van der Waals surface area contributed by atoms with E-state index in [2.05, 4.69) is 15.3 Å². The molecule has 1 heterocycles. The van der Waals surface area contributed by atoms with Gasteiger partial charge in [0, 0.05) is 18.2 Å². The van der Waals surface area contributed by atoms with Crippen LogP contribution < -0.4 is 5.32 Å². The number of rotatable bonds is 4. The molecule has 0 spiro atoms. The van der Waals surface area contributed by atoms with Gasteiger partial charge in [-0.25, -0.2) is 4.98 Å². The van der Waals surface area contributed by atoms with Crippen molar-refractivity contribution in [3.8, 4) is 0 Å². The molecule has 0 aliphatic carbocycles. The van der Waals surface area contributed by atoms with E-state index in [0.717, 1.165) is 22.2 Å². The van der Waals surface area contributed by atoms with Gasteiger partial charge in [-0.3, -0.25) is 0 Å². The van der Waals surface area contributed by atoms with E-state index < -0.39 is 0 Å². The molecular weight excluding hydrogens is 286 g/mol. The third-order valence-electron chi connectivity index (χ3n) is 3.08. The molecule has 0 fully saturated rings. The molecule has 1 N–H and O–H groups in total. The zero-order valence-electron chi connectivity index (χ0n) is 11.5. The number of nitrogens with zero attached hydrogens (tertiary/aromatic N) is 2. The highest BCUT2D eigenvalue weighted by molar-refractivity contribution is 6.28. The van der Waals surface area contributed by atoms with Crippen LogP contribution in [0.1, 0.15) is 5.56 Å². The number of fused-ring (bicyclic) bond motifs is 1. The topological polar surface area (TPSA) is 47.0 Å². The highest BCUT2D eigenvalue weighted by atomic mass is 35.5. The average molecular weight is 300 g/mol. The van der Waals surface area contributed by atoms with Crippen molar-refractivity contribution >= 4 is 34.0 Å². The molecule has 0 atom stereocenters. The highest BCUT2D eigenvalue weighted by Gasteiger charge is 2.06. The number of aromatic nitrogens is 2. The third-order valence-corrected chi connectivity index (χ3v) is 3.25. The van der Waals surface area contributed by atoms with Crippen molar-refractivity contribution in [3.05, 3.63) is 59.4 Å². The van der Waals surface area contributed by atoms with Crippen molar-refractivity contribution < 1.29 is 4.74 Å². The summed E-state index contributed by atoms with van der Waals surface area (Å²) < 4.78 is 5.15. The second-order valence-electron chi connectivity index (χ2n) is 4.62. The Hall–Kier alpha value is -2.17. The van der Waals surface area contributed by atoms with Crippen molar-refractivity contribution in [1.29, 1.82) is 0 Å². The van der Waals surface area contributed by atoms with Gasteiger partial charge in [-0.1, -0.05) is 24.3 Å². The molecule has 4 nitrogen and oxygen atoms in total. The number of hydrogen-bond donors (Lipinski definition) is 1. The Kier molecular flexibility index (Phi) is 3.99. The van der Waals surface area contributed by atoms with E-state index in [1.807, 2.05) is 48.5 Å². The van der Waals surface area contributed by atoms with E-state index in [4.69, 9.17) is 16.3 Å². The van der Waals surface area contributed by atoms with Crippen LogP contribution in [-0.2, 0) is 11.3 Å². The Balaban J connectivity index is 1.99. The number of para-hydroxylation sites is 1. The van der Waals surface area contributed by atoms with Crippen LogP contribution >= 0.6 is 11.6 Å². The van der Waals surface area contributed by atoms with Gasteiger partial charge in [0.15, 0.2) is 0 Å². The summed E-state index contributed by atoms with van der Waals surface area (Å²) >= 11 is 5.99. The summed E-state index contributed by atoms with van der Waals surface area (Å²) in [5.41, 5.74) is 2.84. The molecule has 3 aromatic rings. The summed E-state index contributed by atoms with van der Waals surface area (Å²) in [7, 11) is 1.68. The van der Waals surface area contributed by atoms with Gasteiger partial charge < -0.3 is 10.1 Å². The molecule has 21 heavy (non-hydrogen) atoms. The van der Waals surface area contributed by atoms with Crippen LogP contribution in [0.3, 0.4) is 0 Å². The van der Waals surface area contributed by atoms with Gasteiger partial charge in [0.1, 0.15) is 5.82 Å². The SMILES string of the molecule is COCc1cccc(Nc2nc(Cl)nc3ccccc23)c1. The first-order chi connectivity index (χ1) is 10.3. The monoisotopic (exact) mass is 299 g/mol. The van der Waals surface area contributed by atoms with Crippen molar-refractivity contribution in [1.82, 2.24) is 9.97 Å². The summed E-state index contributed by atoms with van der Waals surface area (Å²) in [6.07, 6.45) is 0. The summed E-state index contributed by atoms with van der Waals surface area (Å²) in [4.78, 5) is 8.50. The second kappa shape index (κ2) is 6.08. The molecule has 5 heteroatoms. The van der Waals surface area contributed by atoms with Crippen molar-refractivity contribution in [2.45, 2.75) is 6.61 Å². The number of anilines is 2. The maximum absolute atomic E-state index is 5.99. The molecule has 0 bridgehead atoms. The largest absolute Gasteiger partial charge is 0.380 e. The maximum atomic E-state index is 5.99. The number of halogens is 1. The molecular formula is C16H14ClN3O. The Bertz CT molecular complexity index is 776. The Labute approximate surface area is 127 Å². The fourth-order valence-electron chi connectivity index (χ4n) is 2.19. The number of hydrogen-bond acceptors (Lipinski definition) is 4. The van der Waals surface area contributed by atoms with Gasteiger partial charge in [-0.05, 0) is 41.4 Å². The summed E-state index contributed by atoms with van der Waals surface area (Å²) in [5, 5.41) is 4.45. The lowest BCUT2D eigenvalue weighted by atomic mass is 10.2. The Morgan fingerprint density at radius 1 is 1.10 bits per heavy atom. The lowest BCUT2D eigenvalue weighted by Gasteiger charge is -2.10. The van der Waals surface area contributed by atoms with E-state index in [-0.39, 0.29) is 5.28 Å². The predicted molar refractivity (Wildman–Crippen MR) is 85.0 cm³/mol. The van der Waals surface area contributed by atoms with E-state index in [1.54, 1.807) is 7.11 Å². The normalized spacial score (nSPS) is 10.8. The molecule has 0 saturated carbocycles. The molecule has 3 rings (SSSR count). The molecule has 106 valence electrons. The quantitative estimate of drug-likeness (QED) is 0.734. The van der Waals surface area contributed by atoms with E-state index in [9.17, 15) is 0 Å². The molecule has 0 aliphatic heterocycles. The van der Waals surface area contributed by atoms with Crippen LogP contribution in [0.5, 0.6) is 0 Å². The van der Waals surface area contributed by atoms with Crippen LogP contribution in [0, 0.1) is 0 Å². The predicted octanol–water partition coefficient (Wildman–Crippen LogP) is 4.17. The van der Waals surface area contributed by atoms with Crippen molar-refractivity contribution in [2.75, 3.05) is 12.4 Å². The van der Waals surface area contributed by atoms with Crippen molar-refractivity contribution in [3.63, 3.8) is 0 Å². The van der Waals surface area contributed by atoms with Gasteiger partial charge in [0.25, 0.3) is 0 Å². The summed E-state index contributed by atoms with van der Waals surface area (Å²) in [5.74, 6) is 0.695. The minimum Gasteiger partial charge on any atom is -0.380 e. The van der Waals surface area contributed by atoms with Crippen LogP contribution in [0.2, 0.25) is 5.28 Å².